The minimum absolute atomic E-state index is 0.0467. The summed E-state index contributed by atoms with van der Waals surface area (Å²) in [5, 5.41) is 3.63. The molecule has 3 aromatic rings. The van der Waals surface area contributed by atoms with E-state index in [4.69, 9.17) is 23.2 Å². The van der Waals surface area contributed by atoms with Crippen LogP contribution in [-0.4, -0.2) is 31.7 Å². The maximum atomic E-state index is 12.4. The van der Waals surface area contributed by atoms with Gasteiger partial charge in [-0.25, -0.2) is 4.98 Å². The van der Waals surface area contributed by atoms with Crippen LogP contribution < -0.4 is 5.32 Å². The van der Waals surface area contributed by atoms with E-state index in [0.29, 0.717) is 37.8 Å². The average molecular weight is 472 g/mol. The predicted octanol–water partition coefficient (Wildman–Crippen LogP) is 4.54. The summed E-state index contributed by atoms with van der Waals surface area (Å²) in [6, 6.07) is 8.54. The molecule has 1 saturated carbocycles. The number of imidazole rings is 1. The van der Waals surface area contributed by atoms with Gasteiger partial charge in [0.2, 0.25) is 0 Å². The highest BCUT2D eigenvalue weighted by Gasteiger charge is 2.30. The van der Waals surface area contributed by atoms with E-state index in [0.717, 1.165) is 12.8 Å². The fourth-order valence-corrected chi connectivity index (χ4v) is 3.95. The number of carbonyl (C=O) groups is 1. The number of halogens is 2. The Balaban J connectivity index is 1.74. The second-order valence-corrected chi connectivity index (χ2v) is 10.3. The van der Waals surface area contributed by atoms with E-state index in [9.17, 15) is 19.1 Å². The topological polar surface area (TPSA) is 115 Å². The van der Waals surface area contributed by atoms with Gasteiger partial charge in [0.25, 0.3) is 5.91 Å². The van der Waals surface area contributed by atoms with E-state index in [1.165, 1.54) is 0 Å². The molecule has 1 fully saturated rings. The summed E-state index contributed by atoms with van der Waals surface area (Å²) >= 11 is 16.6. The van der Waals surface area contributed by atoms with Crippen LogP contribution in [0.15, 0.2) is 30.3 Å². The molecule has 4 N–H and O–H groups in total. The van der Waals surface area contributed by atoms with Crippen LogP contribution in [0.1, 0.15) is 34.0 Å². The lowest BCUT2D eigenvalue weighted by molar-refractivity contribution is 0.0951. The van der Waals surface area contributed by atoms with Gasteiger partial charge in [0.1, 0.15) is 5.82 Å². The molecule has 0 spiro atoms. The van der Waals surface area contributed by atoms with Gasteiger partial charge in [-0.05, 0) is 42.7 Å². The first-order valence-electron chi connectivity index (χ1n) is 8.66. The average Bonchev–Trinajstić information content (AvgIpc) is 3.36. The first-order valence-corrected chi connectivity index (χ1v) is 11.6. The van der Waals surface area contributed by atoms with Crippen molar-refractivity contribution in [2.24, 2.45) is 0 Å². The third-order valence-corrected chi connectivity index (χ3v) is 7.26. The van der Waals surface area contributed by atoms with Crippen molar-refractivity contribution in [3.63, 3.8) is 0 Å². The molecule has 152 valence electrons. The Morgan fingerprint density at radius 1 is 1.24 bits per heavy atom. The van der Waals surface area contributed by atoms with E-state index in [2.05, 4.69) is 27.9 Å². The van der Waals surface area contributed by atoms with Crippen LogP contribution in [0.5, 0.6) is 0 Å². The Morgan fingerprint density at radius 3 is 2.62 bits per heavy atom. The smallest absolute Gasteiger partial charge is 0.345 e. The molecule has 7 nitrogen and oxygen atoms in total. The van der Waals surface area contributed by atoms with Gasteiger partial charge in [-0.15, -0.1) is 0 Å². The van der Waals surface area contributed by atoms with Crippen molar-refractivity contribution in [1.82, 2.24) is 15.3 Å². The summed E-state index contributed by atoms with van der Waals surface area (Å²) in [6.45, 7) is 0. The molecule has 29 heavy (non-hydrogen) atoms. The Hall–Kier alpha value is -1.54. The van der Waals surface area contributed by atoms with Crippen LogP contribution in [0.3, 0.4) is 0 Å². The number of H-pyrrole nitrogens is 1. The number of aromatic nitrogens is 2. The molecule has 2 aromatic carbocycles. The van der Waals surface area contributed by atoms with Gasteiger partial charge in [-0.2, -0.15) is 12.6 Å². The third-order valence-electron chi connectivity index (χ3n) is 4.59. The maximum Gasteiger partial charge on any atom is 0.345 e. The zero-order chi connectivity index (χ0) is 20.9. The first kappa shape index (κ1) is 20.7. The summed E-state index contributed by atoms with van der Waals surface area (Å²) in [5.41, 5.74) is 2.62. The van der Waals surface area contributed by atoms with Crippen molar-refractivity contribution < 1.29 is 19.1 Å². The fraction of sp³-hybridized carbons (Fsp3) is 0.222. The van der Waals surface area contributed by atoms with Crippen molar-refractivity contribution in [2.75, 3.05) is 0 Å². The molecule has 0 bridgehead atoms. The number of nitrogens with one attached hydrogen (secondary N) is 2. The van der Waals surface area contributed by atoms with Crippen LogP contribution in [-0.2, 0) is 4.57 Å². The summed E-state index contributed by atoms with van der Waals surface area (Å²) < 4.78 is 11.5. The zero-order valence-corrected chi connectivity index (χ0v) is 18.1. The lowest BCUT2D eigenvalue weighted by Crippen LogP contribution is -2.25. The number of benzene rings is 2. The van der Waals surface area contributed by atoms with Crippen molar-refractivity contribution >= 4 is 60.4 Å². The van der Waals surface area contributed by atoms with E-state index in [-0.39, 0.29) is 17.8 Å². The molecular formula is C18H16Cl2N3O4PS. The van der Waals surface area contributed by atoms with Gasteiger partial charge < -0.3 is 20.1 Å². The summed E-state index contributed by atoms with van der Waals surface area (Å²) in [5.74, 6) is -0.191. The van der Waals surface area contributed by atoms with Gasteiger partial charge >= 0.3 is 7.60 Å². The highest BCUT2D eigenvalue weighted by atomic mass is 35.5. The highest BCUT2D eigenvalue weighted by Crippen LogP contribution is 2.53. The Kier molecular flexibility index (Phi) is 5.44. The van der Waals surface area contributed by atoms with Gasteiger partial charge in [0.15, 0.2) is 4.99 Å². The van der Waals surface area contributed by atoms with Crippen molar-refractivity contribution in [2.45, 2.75) is 23.9 Å². The van der Waals surface area contributed by atoms with Gasteiger partial charge in [-0.3, -0.25) is 9.36 Å². The molecule has 4 rings (SSSR count). The largest absolute Gasteiger partial charge is 0.349 e. The lowest BCUT2D eigenvalue weighted by atomic mass is 10.0. The minimum Gasteiger partial charge on any atom is -0.349 e. The molecule has 0 saturated heterocycles. The van der Waals surface area contributed by atoms with Crippen LogP contribution in [0.25, 0.3) is 22.2 Å². The van der Waals surface area contributed by atoms with Crippen LogP contribution in [0.2, 0.25) is 10.0 Å². The molecule has 1 heterocycles. The SMILES string of the molecule is O=C(NC1CC1)c1cc(-c2cc3nc(C(S)P(=O)(O)O)[nH]c3cc2Cl)ccc1Cl. The maximum absolute atomic E-state index is 12.4. The molecule has 0 radical (unpaired) electrons. The number of thiol groups is 1. The molecule has 1 amide bonds. The number of fused-ring (bicyclic) bond motifs is 1. The number of nitrogens with zero attached hydrogens (tertiary/aromatic N) is 1. The minimum atomic E-state index is -4.47. The normalized spacial score (nSPS) is 15.5. The van der Waals surface area contributed by atoms with Crippen LogP contribution >= 0.6 is 43.4 Å². The third kappa shape index (κ3) is 4.33. The van der Waals surface area contributed by atoms with Gasteiger partial charge in [0.05, 0.1) is 26.6 Å². The number of rotatable bonds is 5. The Labute approximate surface area is 181 Å². The predicted molar refractivity (Wildman–Crippen MR) is 116 cm³/mol. The van der Waals surface area contributed by atoms with Crippen molar-refractivity contribution in [3.05, 3.63) is 51.8 Å². The van der Waals surface area contributed by atoms with Gasteiger partial charge in [0, 0.05) is 11.6 Å². The molecule has 11 heteroatoms. The summed E-state index contributed by atoms with van der Waals surface area (Å²) in [7, 11) is -4.47. The first-order chi connectivity index (χ1) is 13.6. The summed E-state index contributed by atoms with van der Waals surface area (Å²) in [4.78, 5) is 36.8. The van der Waals surface area contributed by atoms with Gasteiger partial charge in [-0.1, -0.05) is 29.3 Å². The second kappa shape index (κ2) is 7.61. The number of aromatic amines is 1. The van der Waals surface area contributed by atoms with Crippen LogP contribution in [0.4, 0.5) is 0 Å². The molecule has 1 atom stereocenters. The quantitative estimate of drug-likeness (QED) is 0.276. The zero-order valence-electron chi connectivity index (χ0n) is 14.8. The molecule has 0 aliphatic heterocycles. The number of amides is 1. The standard InChI is InChI=1S/C18H16Cl2N3O4PS/c19-12-4-1-8(5-11(12)17(24)21-9-2-3-9)10-6-14-15(7-13(10)20)23-16(22-14)18(29)28(25,26)27/h1,4-7,9,18,29H,2-3H2,(H,21,24)(H,22,23)(H2,25,26,27). The van der Waals surface area contributed by atoms with E-state index < -0.39 is 12.6 Å². The molecule has 1 unspecified atom stereocenters. The molecule has 1 aromatic heterocycles. The highest BCUT2D eigenvalue weighted by molar-refractivity contribution is 7.88. The number of carbonyl (C=O) groups excluding carboxylic acids is 1. The van der Waals surface area contributed by atoms with E-state index >= 15 is 0 Å². The Morgan fingerprint density at radius 2 is 1.97 bits per heavy atom. The fourth-order valence-electron chi connectivity index (χ4n) is 2.91. The Bertz CT molecular complexity index is 1180. The lowest BCUT2D eigenvalue weighted by Gasteiger charge is -2.10. The molecule has 1 aliphatic rings. The van der Waals surface area contributed by atoms with E-state index in [1.54, 1.807) is 30.3 Å². The van der Waals surface area contributed by atoms with Crippen molar-refractivity contribution in [3.8, 4) is 11.1 Å². The second-order valence-electron chi connectivity index (χ2n) is 6.88. The van der Waals surface area contributed by atoms with Crippen LogP contribution in [0, 0.1) is 0 Å². The number of hydrogen-bond acceptors (Lipinski definition) is 4. The molecule has 1 aliphatic carbocycles. The number of hydrogen-bond donors (Lipinski definition) is 5. The van der Waals surface area contributed by atoms with Crippen molar-refractivity contribution in [1.29, 1.82) is 0 Å². The van der Waals surface area contributed by atoms with E-state index in [1.807, 2.05) is 0 Å². The monoisotopic (exact) mass is 471 g/mol. The summed E-state index contributed by atoms with van der Waals surface area (Å²) in [6.07, 6.45) is 1.93. The molecular weight excluding hydrogens is 456 g/mol.